The highest BCUT2D eigenvalue weighted by molar-refractivity contribution is 8.26. The topological polar surface area (TPSA) is 38.8 Å². The van der Waals surface area contributed by atoms with Crippen molar-refractivity contribution in [2.75, 3.05) is 7.11 Å². The largest absolute Gasteiger partial charge is 0.496 e. The van der Waals surface area contributed by atoms with Gasteiger partial charge in [-0.15, -0.1) is 0 Å². The molecular formula is C27H25NO3S2. The molecule has 0 aliphatic carbocycles. The van der Waals surface area contributed by atoms with Crippen LogP contribution in [0.3, 0.4) is 0 Å². The van der Waals surface area contributed by atoms with E-state index in [9.17, 15) is 4.79 Å². The number of methoxy groups -OCH3 is 1. The summed E-state index contributed by atoms with van der Waals surface area (Å²) >= 11 is 6.81. The summed E-state index contributed by atoms with van der Waals surface area (Å²) in [6.07, 6.45) is 1.88. The van der Waals surface area contributed by atoms with Gasteiger partial charge >= 0.3 is 0 Å². The lowest BCUT2D eigenvalue weighted by Gasteiger charge is -2.14. The summed E-state index contributed by atoms with van der Waals surface area (Å²) in [7, 11) is 1.64. The van der Waals surface area contributed by atoms with Crippen molar-refractivity contribution in [3.8, 4) is 11.5 Å². The highest BCUT2D eigenvalue weighted by Gasteiger charge is 2.32. The summed E-state index contributed by atoms with van der Waals surface area (Å²) in [5, 5.41) is 0. The van der Waals surface area contributed by atoms with E-state index in [2.05, 4.69) is 19.9 Å². The summed E-state index contributed by atoms with van der Waals surface area (Å²) in [4.78, 5) is 15.3. The summed E-state index contributed by atoms with van der Waals surface area (Å²) in [5.74, 6) is 1.49. The molecule has 0 saturated carbocycles. The van der Waals surface area contributed by atoms with E-state index in [1.165, 1.54) is 11.8 Å². The Hall–Kier alpha value is -3.09. The van der Waals surface area contributed by atoms with Crippen LogP contribution in [-0.2, 0) is 17.9 Å². The number of thioether (sulfide) groups is 1. The van der Waals surface area contributed by atoms with Gasteiger partial charge in [0.1, 0.15) is 22.4 Å². The first kappa shape index (κ1) is 23.1. The first-order valence-electron chi connectivity index (χ1n) is 10.6. The van der Waals surface area contributed by atoms with Crippen LogP contribution in [0.1, 0.15) is 27.8 Å². The molecule has 4 nitrogen and oxygen atoms in total. The molecule has 1 aliphatic heterocycles. The number of ether oxygens (including phenoxy) is 2. The van der Waals surface area contributed by atoms with Crippen LogP contribution in [0.15, 0.2) is 71.6 Å². The van der Waals surface area contributed by atoms with Gasteiger partial charge in [-0.3, -0.25) is 9.69 Å². The first-order valence-corrected chi connectivity index (χ1v) is 11.8. The number of aryl methyl sites for hydroxylation is 2. The van der Waals surface area contributed by atoms with Gasteiger partial charge in [0, 0.05) is 5.56 Å². The summed E-state index contributed by atoms with van der Waals surface area (Å²) in [5.41, 5.74) is 5.16. The SMILES string of the molecule is COc1ccc(C=C2SC(=S)N(Cc3ccccc3)C2=O)cc1COc1cc(C)cc(C)c1. The zero-order chi connectivity index (χ0) is 23.4. The van der Waals surface area contributed by atoms with E-state index in [0.717, 1.165) is 39.3 Å². The van der Waals surface area contributed by atoms with Crippen LogP contribution in [0.25, 0.3) is 6.08 Å². The molecular weight excluding hydrogens is 450 g/mol. The van der Waals surface area contributed by atoms with Crippen molar-refractivity contribution in [2.45, 2.75) is 27.0 Å². The summed E-state index contributed by atoms with van der Waals surface area (Å²) in [6.45, 7) is 4.94. The zero-order valence-electron chi connectivity index (χ0n) is 18.8. The maximum atomic E-state index is 13.0. The van der Waals surface area contributed by atoms with Crippen LogP contribution in [-0.4, -0.2) is 22.2 Å². The van der Waals surface area contributed by atoms with Crippen LogP contribution >= 0.6 is 24.0 Å². The molecule has 1 fully saturated rings. The number of nitrogens with zero attached hydrogens (tertiary/aromatic N) is 1. The maximum Gasteiger partial charge on any atom is 0.266 e. The molecule has 3 aromatic carbocycles. The predicted molar refractivity (Wildman–Crippen MR) is 138 cm³/mol. The van der Waals surface area contributed by atoms with Crippen molar-refractivity contribution >= 4 is 40.3 Å². The van der Waals surface area contributed by atoms with Crippen LogP contribution in [0.4, 0.5) is 0 Å². The number of hydrogen-bond donors (Lipinski definition) is 0. The van der Waals surface area contributed by atoms with E-state index >= 15 is 0 Å². The Morgan fingerprint density at radius 3 is 2.42 bits per heavy atom. The van der Waals surface area contributed by atoms with Gasteiger partial charge in [0.15, 0.2) is 0 Å². The lowest BCUT2D eigenvalue weighted by Crippen LogP contribution is -2.27. The second-order valence-electron chi connectivity index (χ2n) is 7.94. The van der Waals surface area contributed by atoms with E-state index < -0.39 is 0 Å². The smallest absolute Gasteiger partial charge is 0.266 e. The third kappa shape index (κ3) is 5.64. The third-order valence-corrected chi connectivity index (χ3v) is 6.63. The van der Waals surface area contributed by atoms with E-state index in [1.807, 2.05) is 66.7 Å². The standard InChI is InChI=1S/C27H25NO3S2/c1-18-11-19(2)13-23(12-18)31-17-22-14-21(9-10-24(22)30-3)15-25-26(29)28(27(32)33-25)16-20-7-5-4-6-8-20/h4-15H,16-17H2,1-3H3. The Balaban J connectivity index is 1.53. The van der Waals surface area contributed by atoms with Gasteiger partial charge in [0.25, 0.3) is 5.91 Å². The molecule has 1 saturated heterocycles. The Morgan fingerprint density at radius 2 is 1.73 bits per heavy atom. The molecule has 0 spiro atoms. The molecule has 168 valence electrons. The minimum atomic E-state index is -0.0716. The summed E-state index contributed by atoms with van der Waals surface area (Å²) < 4.78 is 12.1. The van der Waals surface area contributed by atoms with E-state index in [0.29, 0.717) is 22.4 Å². The van der Waals surface area contributed by atoms with Gasteiger partial charge in [-0.25, -0.2) is 0 Å². The second-order valence-corrected chi connectivity index (χ2v) is 9.61. The van der Waals surface area contributed by atoms with Crippen molar-refractivity contribution in [1.82, 2.24) is 4.90 Å². The minimum Gasteiger partial charge on any atom is -0.496 e. The highest BCUT2D eigenvalue weighted by atomic mass is 32.2. The zero-order valence-corrected chi connectivity index (χ0v) is 20.5. The van der Waals surface area contributed by atoms with Gasteiger partial charge in [0.2, 0.25) is 0 Å². The van der Waals surface area contributed by atoms with Crippen molar-refractivity contribution in [3.63, 3.8) is 0 Å². The molecule has 0 unspecified atom stereocenters. The fourth-order valence-electron chi connectivity index (χ4n) is 3.73. The molecule has 0 atom stereocenters. The normalized spacial score (nSPS) is 14.8. The fraction of sp³-hybridized carbons (Fsp3) is 0.185. The minimum absolute atomic E-state index is 0.0716. The quantitative estimate of drug-likeness (QED) is 0.296. The lowest BCUT2D eigenvalue weighted by atomic mass is 10.1. The van der Waals surface area contributed by atoms with Crippen LogP contribution < -0.4 is 9.47 Å². The molecule has 4 rings (SSSR count). The van der Waals surface area contributed by atoms with Crippen molar-refractivity contribution in [1.29, 1.82) is 0 Å². The van der Waals surface area contributed by atoms with E-state index in [4.69, 9.17) is 21.7 Å². The molecule has 6 heteroatoms. The molecule has 3 aromatic rings. The lowest BCUT2D eigenvalue weighted by molar-refractivity contribution is -0.122. The van der Waals surface area contributed by atoms with Crippen molar-refractivity contribution in [3.05, 3.63) is 99.5 Å². The number of benzene rings is 3. The van der Waals surface area contributed by atoms with Crippen LogP contribution in [0, 0.1) is 13.8 Å². The number of hydrogen-bond acceptors (Lipinski definition) is 5. The number of carbonyl (C=O) groups excluding carboxylic acids is 1. The molecule has 0 radical (unpaired) electrons. The molecule has 33 heavy (non-hydrogen) atoms. The van der Waals surface area contributed by atoms with E-state index in [1.54, 1.807) is 12.0 Å². The first-order chi connectivity index (χ1) is 15.9. The van der Waals surface area contributed by atoms with Gasteiger partial charge in [-0.1, -0.05) is 66.4 Å². The third-order valence-electron chi connectivity index (χ3n) is 5.25. The van der Waals surface area contributed by atoms with Gasteiger partial charge < -0.3 is 9.47 Å². The Bertz CT molecular complexity index is 1200. The molecule has 0 bridgehead atoms. The number of amides is 1. The van der Waals surface area contributed by atoms with Crippen LogP contribution in [0.5, 0.6) is 11.5 Å². The number of carbonyl (C=O) groups is 1. The second kappa shape index (κ2) is 10.2. The summed E-state index contributed by atoms with van der Waals surface area (Å²) in [6, 6.07) is 21.8. The Kier molecular flexibility index (Phi) is 7.16. The Labute approximate surface area is 204 Å². The number of rotatable bonds is 7. The van der Waals surface area contributed by atoms with Gasteiger partial charge in [0.05, 0.1) is 18.6 Å². The molecule has 1 heterocycles. The van der Waals surface area contributed by atoms with Crippen molar-refractivity contribution in [2.24, 2.45) is 0 Å². The fourth-order valence-corrected chi connectivity index (χ4v) is 4.99. The average Bonchev–Trinajstić information content (AvgIpc) is 3.05. The monoisotopic (exact) mass is 475 g/mol. The average molecular weight is 476 g/mol. The van der Waals surface area contributed by atoms with Crippen molar-refractivity contribution < 1.29 is 14.3 Å². The van der Waals surface area contributed by atoms with Gasteiger partial charge in [-0.2, -0.15) is 0 Å². The van der Waals surface area contributed by atoms with Gasteiger partial charge in [-0.05, 0) is 66.4 Å². The molecule has 0 N–H and O–H groups in total. The predicted octanol–water partition coefficient (Wildman–Crippen LogP) is 6.29. The molecule has 1 amide bonds. The molecule has 0 aromatic heterocycles. The maximum absolute atomic E-state index is 13.0. The number of thiocarbonyl (C=S) groups is 1. The molecule has 1 aliphatic rings. The Morgan fingerprint density at radius 1 is 1.00 bits per heavy atom. The van der Waals surface area contributed by atoms with E-state index in [-0.39, 0.29) is 5.91 Å². The van der Waals surface area contributed by atoms with Crippen LogP contribution in [0.2, 0.25) is 0 Å². The highest BCUT2D eigenvalue weighted by Crippen LogP contribution is 2.34.